The van der Waals surface area contributed by atoms with Gasteiger partial charge in [-0.15, -0.1) is 11.3 Å². The topological polar surface area (TPSA) is 46.3 Å². The summed E-state index contributed by atoms with van der Waals surface area (Å²) >= 11 is 1.35. The van der Waals surface area contributed by atoms with Gasteiger partial charge in [-0.25, -0.2) is 4.39 Å². The zero-order chi connectivity index (χ0) is 15.1. The van der Waals surface area contributed by atoms with Crippen LogP contribution >= 0.6 is 11.3 Å². The Balaban J connectivity index is 2.00. The second-order valence-corrected chi connectivity index (χ2v) is 6.90. The normalized spacial score (nSPS) is 22.7. The number of fused-ring (bicyclic) bond motifs is 1. The summed E-state index contributed by atoms with van der Waals surface area (Å²) in [7, 11) is 0. The Morgan fingerprint density at radius 2 is 2.19 bits per heavy atom. The zero-order valence-electron chi connectivity index (χ0n) is 12.2. The van der Waals surface area contributed by atoms with Crippen LogP contribution in [0.2, 0.25) is 0 Å². The van der Waals surface area contributed by atoms with E-state index in [1.54, 1.807) is 6.07 Å². The molecule has 2 unspecified atom stereocenters. The maximum Gasteiger partial charge on any atom is 0.266 e. The lowest BCUT2D eigenvalue weighted by atomic mass is 9.92. The number of piperidine rings is 1. The predicted molar refractivity (Wildman–Crippen MR) is 85.1 cm³/mol. The number of hydrogen-bond donors (Lipinski definition) is 1. The van der Waals surface area contributed by atoms with Gasteiger partial charge in [-0.1, -0.05) is 6.92 Å². The molecule has 1 saturated heterocycles. The van der Waals surface area contributed by atoms with Gasteiger partial charge in [0.2, 0.25) is 0 Å². The quantitative estimate of drug-likeness (QED) is 0.869. The van der Waals surface area contributed by atoms with E-state index < -0.39 is 0 Å². The molecule has 2 N–H and O–H groups in total. The van der Waals surface area contributed by atoms with E-state index in [1.165, 1.54) is 23.5 Å². The highest BCUT2D eigenvalue weighted by molar-refractivity contribution is 7.21. The number of rotatable bonds is 1. The van der Waals surface area contributed by atoms with Crippen molar-refractivity contribution in [3.8, 4) is 0 Å². The first-order valence-electron chi connectivity index (χ1n) is 7.27. The van der Waals surface area contributed by atoms with E-state index in [1.807, 2.05) is 4.90 Å². The second-order valence-electron chi connectivity index (χ2n) is 5.84. The molecule has 1 aromatic carbocycles. The van der Waals surface area contributed by atoms with E-state index in [0.717, 1.165) is 24.1 Å². The van der Waals surface area contributed by atoms with Gasteiger partial charge in [-0.2, -0.15) is 0 Å². The van der Waals surface area contributed by atoms with Crippen molar-refractivity contribution in [3.05, 3.63) is 28.9 Å². The molecule has 1 aliphatic heterocycles. The number of nitrogen functional groups attached to an aromatic ring is 1. The fourth-order valence-electron chi connectivity index (χ4n) is 3.00. The van der Waals surface area contributed by atoms with Crippen LogP contribution in [0.25, 0.3) is 10.1 Å². The van der Waals surface area contributed by atoms with E-state index in [9.17, 15) is 9.18 Å². The minimum atomic E-state index is -0.328. The van der Waals surface area contributed by atoms with Crippen LogP contribution in [-0.4, -0.2) is 23.4 Å². The number of carbonyl (C=O) groups is 1. The molecule has 2 aromatic rings. The molecule has 1 aliphatic rings. The molecule has 1 amide bonds. The van der Waals surface area contributed by atoms with Crippen LogP contribution in [0.15, 0.2) is 18.2 Å². The number of halogens is 1. The number of nitrogens with two attached hydrogens (primary N) is 1. The van der Waals surface area contributed by atoms with Gasteiger partial charge in [0.25, 0.3) is 5.91 Å². The van der Waals surface area contributed by atoms with Crippen molar-refractivity contribution in [2.24, 2.45) is 5.92 Å². The van der Waals surface area contributed by atoms with Crippen LogP contribution in [0.3, 0.4) is 0 Å². The summed E-state index contributed by atoms with van der Waals surface area (Å²) in [5, 5.41) is 0.640. The average molecular weight is 306 g/mol. The standard InChI is InChI=1S/C16H19FN2OS/c1-9-4-3-7-19(10(9)2)16(20)15-14(18)12-8-11(17)5-6-13(12)21-15/h5-6,8-10H,3-4,7,18H2,1-2H3. The Kier molecular flexibility index (Phi) is 3.61. The number of likely N-dealkylation sites (tertiary alicyclic amines) is 1. The molecule has 3 nitrogen and oxygen atoms in total. The summed E-state index contributed by atoms with van der Waals surface area (Å²) in [6.45, 7) is 5.03. The largest absolute Gasteiger partial charge is 0.397 e. The maximum atomic E-state index is 13.3. The van der Waals surface area contributed by atoms with Crippen LogP contribution < -0.4 is 5.73 Å². The molecule has 2 heterocycles. The average Bonchev–Trinajstić information content (AvgIpc) is 2.78. The first-order valence-corrected chi connectivity index (χ1v) is 8.09. The van der Waals surface area contributed by atoms with E-state index in [4.69, 9.17) is 5.73 Å². The van der Waals surface area contributed by atoms with Crippen LogP contribution in [0, 0.1) is 11.7 Å². The van der Waals surface area contributed by atoms with Crippen LogP contribution in [0.4, 0.5) is 10.1 Å². The Hall–Kier alpha value is -1.62. The number of amides is 1. The lowest BCUT2D eigenvalue weighted by Crippen LogP contribution is -2.45. The fraction of sp³-hybridized carbons (Fsp3) is 0.438. The Labute approximate surface area is 127 Å². The van der Waals surface area contributed by atoms with Gasteiger partial charge in [0.05, 0.1) is 5.69 Å². The first kappa shape index (κ1) is 14.3. The molecule has 0 saturated carbocycles. The third kappa shape index (κ3) is 2.39. The van der Waals surface area contributed by atoms with Crippen molar-refractivity contribution < 1.29 is 9.18 Å². The number of hydrogen-bond acceptors (Lipinski definition) is 3. The van der Waals surface area contributed by atoms with Gasteiger partial charge in [-0.3, -0.25) is 4.79 Å². The third-order valence-electron chi connectivity index (χ3n) is 4.52. The summed E-state index contributed by atoms with van der Waals surface area (Å²) in [5.41, 5.74) is 6.50. The van der Waals surface area contributed by atoms with Crippen molar-refractivity contribution in [1.82, 2.24) is 4.90 Å². The first-order chi connectivity index (χ1) is 9.99. The smallest absolute Gasteiger partial charge is 0.266 e. The molecule has 1 fully saturated rings. The van der Waals surface area contributed by atoms with Crippen molar-refractivity contribution in [3.63, 3.8) is 0 Å². The zero-order valence-corrected chi connectivity index (χ0v) is 13.0. The molecule has 0 radical (unpaired) electrons. The van der Waals surface area contributed by atoms with E-state index in [0.29, 0.717) is 21.9 Å². The Bertz CT molecular complexity index is 697. The fourth-order valence-corrected chi connectivity index (χ4v) is 4.06. The molecular formula is C16H19FN2OS. The van der Waals surface area contributed by atoms with Gasteiger partial charge in [0.1, 0.15) is 10.7 Å². The Morgan fingerprint density at radius 1 is 1.43 bits per heavy atom. The van der Waals surface area contributed by atoms with Crippen molar-refractivity contribution in [1.29, 1.82) is 0 Å². The maximum absolute atomic E-state index is 13.3. The van der Waals surface area contributed by atoms with Gasteiger partial charge < -0.3 is 10.6 Å². The molecule has 5 heteroatoms. The molecular weight excluding hydrogens is 287 g/mol. The summed E-state index contributed by atoms with van der Waals surface area (Å²) in [6.07, 6.45) is 2.18. The Morgan fingerprint density at radius 3 is 2.95 bits per heavy atom. The molecule has 0 aliphatic carbocycles. The summed E-state index contributed by atoms with van der Waals surface area (Å²) in [4.78, 5) is 15.2. The molecule has 0 spiro atoms. The number of anilines is 1. The van der Waals surface area contributed by atoms with Crippen molar-refractivity contribution in [2.45, 2.75) is 32.7 Å². The number of nitrogens with zero attached hydrogens (tertiary/aromatic N) is 1. The number of carbonyl (C=O) groups excluding carboxylic acids is 1. The SMILES string of the molecule is CC1CCCN(C(=O)c2sc3ccc(F)cc3c2N)C1C. The lowest BCUT2D eigenvalue weighted by Gasteiger charge is -2.37. The van der Waals surface area contributed by atoms with Gasteiger partial charge in [-0.05, 0) is 43.9 Å². The minimum Gasteiger partial charge on any atom is -0.397 e. The highest BCUT2D eigenvalue weighted by Crippen LogP contribution is 2.36. The van der Waals surface area contributed by atoms with Crippen molar-refractivity contribution in [2.75, 3.05) is 12.3 Å². The highest BCUT2D eigenvalue weighted by Gasteiger charge is 2.31. The lowest BCUT2D eigenvalue weighted by molar-refractivity contribution is 0.0557. The number of benzene rings is 1. The molecule has 21 heavy (non-hydrogen) atoms. The van der Waals surface area contributed by atoms with Crippen LogP contribution in [-0.2, 0) is 0 Å². The summed E-state index contributed by atoms with van der Waals surface area (Å²) in [6, 6.07) is 4.70. The monoisotopic (exact) mass is 306 g/mol. The summed E-state index contributed by atoms with van der Waals surface area (Å²) < 4.78 is 14.2. The molecule has 112 valence electrons. The summed E-state index contributed by atoms with van der Waals surface area (Å²) in [5.74, 6) is 0.148. The van der Waals surface area contributed by atoms with Gasteiger partial charge in [0, 0.05) is 22.7 Å². The highest BCUT2D eigenvalue weighted by atomic mass is 32.1. The van der Waals surface area contributed by atoms with Crippen molar-refractivity contribution >= 4 is 33.0 Å². The minimum absolute atomic E-state index is 0.0202. The van der Waals surface area contributed by atoms with Gasteiger partial charge in [0.15, 0.2) is 0 Å². The van der Waals surface area contributed by atoms with E-state index >= 15 is 0 Å². The third-order valence-corrected chi connectivity index (χ3v) is 5.69. The van der Waals surface area contributed by atoms with Crippen LogP contribution in [0.1, 0.15) is 36.4 Å². The molecule has 0 bridgehead atoms. The van der Waals surface area contributed by atoms with Crippen LogP contribution in [0.5, 0.6) is 0 Å². The predicted octanol–water partition coefficient (Wildman–Crippen LogP) is 3.88. The second kappa shape index (κ2) is 5.30. The van der Waals surface area contributed by atoms with E-state index in [-0.39, 0.29) is 17.8 Å². The molecule has 1 aromatic heterocycles. The number of thiophene rings is 1. The van der Waals surface area contributed by atoms with E-state index in [2.05, 4.69) is 13.8 Å². The van der Waals surface area contributed by atoms with Gasteiger partial charge >= 0.3 is 0 Å². The molecule has 3 rings (SSSR count). The molecule has 2 atom stereocenters.